The smallest absolute Gasteiger partial charge is 0.348 e. The molecule has 0 saturated heterocycles. The van der Waals surface area contributed by atoms with Gasteiger partial charge in [0, 0.05) is 12.1 Å². The predicted octanol–water partition coefficient (Wildman–Crippen LogP) is 2.83. The molecular formula is C12H10F3NO. The van der Waals surface area contributed by atoms with Crippen molar-refractivity contribution in [1.29, 1.82) is 0 Å². The van der Waals surface area contributed by atoms with Gasteiger partial charge in [0.1, 0.15) is 0 Å². The molecule has 1 saturated carbocycles. The van der Waals surface area contributed by atoms with Crippen molar-refractivity contribution in [1.82, 2.24) is 5.32 Å². The van der Waals surface area contributed by atoms with Crippen molar-refractivity contribution < 1.29 is 18.0 Å². The molecule has 0 radical (unpaired) electrons. The number of amides is 1. The summed E-state index contributed by atoms with van der Waals surface area (Å²) >= 11 is 0. The van der Waals surface area contributed by atoms with Gasteiger partial charge in [0.05, 0.1) is 5.56 Å². The molecule has 1 N–H and O–H groups in total. The van der Waals surface area contributed by atoms with Crippen LogP contribution in [-0.4, -0.2) is 5.91 Å². The lowest BCUT2D eigenvalue weighted by molar-refractivity contribution is -0.138. The molecule has 0 atom stereocenters. The first-order valence-electron chi connectivity index (χ1n) is 5.49. The van der Waals surface area contributed by atoms with Crippen LogP contribution in [0.4, 0.5) is 13.2 Å². The van der Waals surface area contributed by atoms with Crippen LogP contribution in [0.2, 0.25) is 0 Å². The van der Waals surface area contributed by atoms with Crippen LogP contribution in [0.3, 0.4) is 0 Å². The van der Waals surface area contributed by atoms with Gasteiger partial charge in [-0.3, -0.25) is 4.79 Å². The Bertz CT molecular complexity index is 503. The number of carbonyl (C=O) groups is 1. The van der Waals surface area contributed by atoms with Gasteiger partial charge in [-0.2, -0.15) is 13.2 Å². The van der Waals surface area contributed by atoms with Gasteiger partial charge in [-0.15, -0.1) is 0 Å². The van der Waals surface area contributed by atoms with Crippen molar-refractivity contribution >= 4 is 5.91 Å². The van der Waals surface area contributed by atoms with E-state index in [-0.39, 0.29) is 23.6 Å². The van der Waals surface area contributed by atoms with Crippen LogP contribution in [0.25, 0.3) is 0 Å². The SMILES string of the molecule is O=C1NCc2c1cc(C1CC1)cc2C(F)(F)F. The van der Waals surface area contributed by atoms with Crippen molar-refractivity contribution in [3.63, 3.8) is 0 Å². The molecule has 1 amide bonds. The minimum atomic E-state index is -4.39. The highest BCUT2D eigenvalue weighted by atomic mass is 19.4. The second-order valence-corrected chi connectivity index (χ2v) is 4.55. The van der Waals surface area contributed by atoms with Crippen LogP contribution in [0.1, 0.15) is 45.8 Å². The summed E-state index contributed by atoms with van der Waals surface area (Å²) in [7, 11) is 0. The molecule has 1 aliphatic carbocycles. The van der Waals surface area contributed by atoms with Crippen molar-refractivity contribution in [3.05, 3.63) is 34.4 Å². The quantitative estimate of drug-likeness (QED) is 0.804. The average molecular weight is 241 g/mol. The lowest BCUT2D eigenvalue weighted by Crippen LogP contribution is -2.12. The molecule has 1 aromatic carbocycles. The first kappa shape index (κ1) is 10.6. The number of carbonyl (C=O) groups excluding carboxylic acids is 1. The first-order chi connectivity index (χ1) is 7.97. The summed E-state index contributed by atoms with van der Waals surface area (Å²) < 4.78 is 38.7. The number of fused-ring (bicyclic) bond motifs is 1. The lowest BCUT2D eigenvalue weighted by Gasteiger charge is -2.13. The molecule has 0 bridgehead atoms. The van der Waals surface area contributed by atoms with Crippen LogP contribution in [0.5, 0.6) is 0 Å². The van der Waals surface area contributed by atoms with E-state index >= 15 is 0 Å². The van der Waals surface area contributed by atoms with Gasteiger partial charge in [-0.25, -0.2) is 0 Å². The van der Waals surface area contributed by atoms with E-state index in [1.165, 1.54) is 6.07 Å². The number of halogens is 3. The Morgan fingerprint density at radius 2 is 1.94 bits per heavy atom. The Labute approximate surface area is 95.8 Å². The number of benzene rings is 1. The van der Waals surface area contributed by atoms with Gasteiger partial charge >= 0.3 is 6.18 Å². The molecule has 1 heterocycles. The van der Waals surface area contributed by atoms with Crippen LogP contribution in [0.15, 0.2) is 12.1 Å². The van der Waals surface area contributed by atoms with Gasteiger partial charge in [0.2, 0.25) is 0 Å². The summed E-state index contributed by atoms with van der Waals surface area (Å²) in [5, 5.41) is 2.45. The summed E-state index contributed by atoms with van der Waals surface area (Å²) in [5.41, 5.74) is 0.275. The maximum absolute atomic E-state index is 12.9. The fourth-order valence-corrected chi connectivity index (χ4v) is 2.26. The third-order valence-corrected chi connectivity index (χ3v) is 3.30. The van der Waals surface area contributed by atoms with Gasteiger partial charge in [-0.1, -0.05) is 0 Å². The van der Waals surface area contributed by atoms with Gasteiger partial charge < -0.3 is 5.32 Å². The summed E-state index contributed by atoms with van der Waals surface area (Å²) in [4.78, 5) is 11.5. The largest absolute Gasteiger partial charge is 0.416 e. The Kier molecular flexibility index (Phi) is 2.03. The van der Waals surface area contributed by atoms with Crippen LogP contribution >= 0.6 is 0 Å². The molecular weight excluding hydrogens is 231 g/mol. The maximum atomic E-state index is 12.9. The van der Waals surface area contributed by atoms with Crippen molar-refractivity contribution in [3.8, 4) is 0 Å². The lowest BCUT2D eigenvalue weighted by atomic mass is 9.97. The Hall–Kier alpha value is -1.52. The number of rotatable bonds is 1. The van der Waals surface area contributed by atoms with E-state index in [1.807, 2.05) is 0 Å². The molecule has 3 rings (SSSR count). The van der Waals surface area contributed by atoms with E-state index in [1.54, 1.807) is 6.07 Å². The highest BCUT2D eigenvalue weighted by molar-refractivity contribution is 5.99. The number of alkyl halides is 3. The number of hydrogen-bond donors (Lipinski definition) is 1. The standard InChI is InChI=1S/C12H10F3NO/c13-12(14,15)10-4-7(6-1-2-6)3-8-9(10)5-16-11(8)17/h3-4,6H,1-2,5H2,(H,16,17). The molecule has 2 aliphatic rings. The van der Waals surface area contributed by atoms with Crippen molar-refractivity contribution in [2.45, 2.75) is 31.5 Å². The fourth-order valence-electron chi connectivity index (χ4n) is 2.26. The van der Waals surface area contributed by atoms with Crippen LogP contribution in [-0.2, 0) is 12.7 Å². The molecule has 17 heavy (non-hydrogen) atoms. The second kappa shape index (κ2) is 3.24. The molecule has 90 valence electrons. The molecule has 1 aliphatic heterocycles. The normalized spacial score (nSPS) is 19.1. The summed E-state index contributed by atoms with van der Waals surface area (Å²) in [6.07, 6.45) is -2.56. The zero-order valence-electron chi connectivity index (χ0n) is 8.90. The molecule has 1 fully saturated rings. The maximum Gasteiger partial charge on any atom is 0.416 e. The van der Waals surface area contributed by atoms with Crippen molar-refractivity contribution in [2.75, 3.05) is 0 Å². The van der Waals surface area contributed by atoms with E-state index in [4.69, 9.17) is 0 Å². The van der Waals surface area contributed by atoms with Crippen LogP contribution in [0, 0.1) is 0 Å². The Morgan fingerprint density at radius 1 is 1.24 bits per heavy atom. The first-order valence-corrected chi connectivity index (χ1v) is 5.49. The zero-order chi connectivity index (χ0) is 12.2. The minimum absolute atomic E-state index is 0.0199. The topological polar surface area (TPSA) is 29.1 Å². The Morgan fingerprint density at radius 3 is 2.53 bits per heavy atom. The van der Waals surface area contributed by atoms with Gasteiger partial charge in [0.15, 0.2) is 0 Å². The van der Waals surface area contributed by atoms with E-state index < -0.39 is 17.6 Å². The van der Waals surface area contributed by atoms with Gasteiger partial charge in [-0.05, 0) is 42.0 Å². The monoisotopic (exact) mass is 241 g/mol. The van der Waals surface area contributed by atoms with Gasteiger partial charge in [0.25, 0.3) is 5.91 Å². The average Bonchev–Trinajstić information content (AvgIpc) is 3.02. The minimum Gasteiger partial charge on any atom is -0.348 e. The predicted molar refractivity (Wildman–Crippen MR) is 54.6 cm³/mol. The summed E-state index contributed by atoms with van der Waals surface area (Å²) in [5.74, 6) is -0.192. The highest BCUT2D eigenvalue weighted by Crippen LogP contribution is 2.44. The summed E-state index contributed by atoms with van der Waals surface area (Å²) in [6, 6.07) is 2.82. The molecule has 1 aromatic rings. The highest BCUT2D eigenvalue weighted by Gasteiger charge is 2.39. The fraction of sp³-hybridized carbons (Fsp3) is 0.417. The molecule has 0 unspecified atom stereocenters. The Balaban J connectivity index is 2.19. The van der Waals surface area contributed by atoms with Crippen LogP contribution < -0.4 is 5.32 Å². The number of hydrogen-bond acceptors (Lipinski definition) is 1. The van der Waals surface area contributed by atoms with E-state index in [0.717, 1.165) is 12.8 Å². The molecule has 5 heteroatoms. The third-order valence-electron chi connectivity index (χ3n) is 3.30. The molecule has 2 nitrogen and oxygen atoms in total. The second-order valence-electron chi connectivity index (χ2n) is 4.55. The van der Waals surface area contributed by atoms with Crippen molar-refractivity contribution in [2.24, 2.45) is 0 Å². The molecule has 0 spiro atoms. The number of nitrogens with one attached hydrogen (secondary N) is 1. The van der Waals surface area contributed by atoms with E-state index in [2.05, 4.69) is 5.32 Å². The third kappa shape index (κ3) is 1.69. The zero-order valence-corrected chi connectivity index (χ0v) is 8.90. The molecule has 0 aromatic heterocycles. The summed E-state index contributed by atoms with van der Waals surface area (Å²) in [6.45, 7) is -0.0199. The van der Waals surface area contributed by atoms with E-state index in [0.29, 0.717) is 5.56 Å². The van der Waals surface area contributed by atoms with E-state index in [9.17, 15) is 18.0 Å².